The highest BCUT2D eigenvalue weighted by Crippen LogP contribution is 2.15. The monoisotopic (exact) mass is 257 g/mol. The molecular formula is C16H23N3. The smallest absolute Gasteiger partial charge is 0.0659 e. The summed E-state index contributed by atoms with van der Waals surface area (Å²) in [4.78, 5) is 0. The third-order valence-corrected chi connectivity index (χ3v) is 3.37. The van der Waals surface area contributed by atoms with Gasteiger partial charge in [-0.05, 0) is 36.6 Å². The topological polar surface area (TPSA) is 29.9 Å². The highest BCUT2D eigenvalue weighted by Gasteiger charge is 2.04. The molecule has 1 aromatic carbocycles. The first-order chi connectivity index (χ1) is 9.19. The van der Waals surface area contributed by atoms with Gasteiger partial charge in [-0.3, -0.25) is 4.68 Å². The van der Waals surface area contributed by atoms with Gasteiger partial charge in [0, 0.05) is 12.7 Å². The number of nitrogens with zero attached hydrogens (tertiary/aromatic N) is 2. The SMILES string of the molecule is CCNCC(C)c1ccc(Cn2ccc(C)n2)cc1. The summed E-state index contributed by atoms with van der Waals surface area (Å²) < 4.78 is 1.98. The summed E-state index contributed by atoms with van der Waals surface area (Å²) in [5, 5.41) is 7.80. The number of aryl methyl sites for hydroxylation is 1. The molecule has 2 aromatic rings. The molecule has 1 aromatic heterocycles. The van der Waals surface area contributed by atoms with Crippen LogP contribution in [0, 0.1) is 6.92 Å². The molecule has 3 nitrogen and oxygen atoms in total. The summed E-state index contributed by atoms with van der Waals surface area (Å²) in [6.07, 6.45) is 2.02. The van der Waals surface area contributed by atoms with Crippen molar-refractivity contribution in [1.29, 1.82) is 0 Å². The molecule has 1 N–H and O–H groups in total. The molecule has 0 aliphatic heterocycles. The van der Waals surface area contributed by atoms with E-state index in [1.54, 1.807) is 0 Å². The van der Waals surface area contributed by atoms with Gasteiger partial charge >= 0.3 is 0 Å². The molecule has 19 heavy (non-hydrogen) atoms. The van der Waals surface area contributed by atoms with Crippen molar-refractivity contribution in [2.75, 3.05) is 13.1 Å². The first-order valence-corrected chi connectivity index (χ1v) is 6.98. The van der Waals surface area contributed by atoms with Crippen molar-refractivity contribution in [2.24, 2.45) is 0 Å². The van der Waals surface area contributed by atoms with E-state index in [0.717, 1.165) is 25.3 Å². The fourth-order valence-corrected chi connectivity index (χ4v) is 2.17. The van der Waals surface area contributed by atoms with Gasteiger partial charge in [0.05, 0.1) is 12.2 Å². The maximum Gasteiger partial charge on any atom is 0.0659 e. The Hall–Kier alpha value is -1.61. The Kier molecular flexibility index (Phi) is 4.74. The van der Waals surface area contributed by atoms with Crippen LogP contribution >= 0.6 is 0 Å². The molecule has 102 valence electrons. The van der Waals surface area contributed by atoms with Gasteiger partial charge in [0.15, 0.2) is 0 Å². The lowest BCUT2D eigenvalue weighted by Crippen LogP contribution is -2.19. The second-order valence-corrected chi connectivity index (χ2v) is 5.11. The fraction of sp³-hybridized carbons (Fsp3) is 0.438. The van der Waals surface area contributed by atoms with Gasteiger partial charge in [0.25, 0.3) is 0 Å². The minimum Gasteiger partial charge on any atom is -0.316 e. The van der Waals surface area contributed by atoms with Crippen LogP contribution in [0.15, 0.2) is 36.5 Å². The minimum absolute atomic E-state index is 0.556. The average Bonchev–Trinajstić information content (AvgIpc) is 2.82. The Labute approximate surface area is 115 Å². The zero-order valence-corrected chi connectivity index (χ0v) is 12.1. The highest BCUT2D eigenvalue weighted by molar-refractivity contribution is 5.25. The first-order valence-electron chi connectivity index (χ1n) is 6.98. The fourth-order valence-electron chi connectivity index (χ4n) is 2.17. The van der Waals surface area contributed by atoms with E-state index in [0.29, 0.717) is 5.92 Å². The van der Waals surface area contributed by atoms with E-state index < -0.39 is 0 Å². The second-order valence-electron chi connectivity index (χ2n) is 5.11. The van der Waals surface area contributed by atoms with Crippen LogP contribution in [-0.2, 0) is 6.54 Å². The number of benzene rings is 1. The van der Waals surface area contributed by atoms with Crippen molar-refractivity contribution in [3.8, 4) is 0 Å². The van der Waals surface area contributed by atoms with Crippen molar-refractivity contribution < 1.29 is 0 Å². The summed E-state index contributed by atoms with van der Waals surface area (Å²) >= 11 is 0. The quantitative estimate of drug-likeness (QED) is 0.862. The number of likely N-dealkylation sites (N-methyl/N-ethyl adjacent to an activating group) is 1. The number of rotatable bonds is 6. The van der Waals surface area contributed by atoms with Gasteiger partial charge in [0.2, 0.25) is 0 Å². The minimum atomic E-state index is 0.556. The molecule has 0 fully saturated rings. The van der Waals surface area contributed by atoms with Gasteiger partial charge in [-0.25, -0.2) is 0 Å². The van der Waals surface area contributed by atoms with Crippen molar-refractivity contribution in [1.82, 2.24) is 15.1 Å². The molecule has 0 amide bonds. The van der Waals surface area contributed by atoms with Crippen LogP contribution in [0.4, 0.5) is 0 Å². The molecule has 0 aliphatic carbocycles. The Morgan fingerprint density at radius 1 is 1.21 bits per heavy atom. The summed E-state index contributed by atoms with van der Waals surface area (Å²) in [5.74, 6) is 0.556. The molecule has 1 heterocycles. The Bertz CT molecular complexity index is 499. The van der Waals surface area contributed by atoms with Crippen LogP contribution in [0.5, 0.6) is 0 Å². The van der Waals surface area contributed by atoms with Crippen molar-refractivity contribution >= 4 is 0 Å². The van der Waals surface area contributed by atoms with Gasteiger partial charge < -0.3 is 5.32 Å². The molecule has 3 heteroatoms. The zero-order valence-electron chi connectivity index (χ0n) is 12.1. The molecule has 2 rings (SSSR count). The number of aromatic nitrogens is 2. The van der Waals surface area contributed by atoms with Gasteiger partial charge in [-0.1, -0.05) is 38.1 Å². The van der Waals surface area contributed by atoms with E-state index in [-0.39, 0.29) is 0 Å². The molecule has 0 saturated heterocycles. The molecule has 0 bridgehead atoms. The van der Waals surface area contributed by atoms with E-state index in [2.05, 4.69) is 48.5 Å². The van der Waals surface area contributed by atoms with E-state index in [4.69, 9.17) is 0 Å². The lowest BCUT2D eigenvalue weighted by molar-refractivity contribution is 0.634. The zero-order chi connectivity index (χ0) is 13.7. The third kappa shape index (κ3) is 3.93. The summed E-state index contributed by atoms with van der Waals surface area (Å²) in [5.41, 5.74) is 3.75. The summed E-state index contributed by atoms with van der Waals surface area (Å²) in [6, 6.07) is 10.9. The van der Waals surface area contributed by atoms with E-state index >= 15 is 0 Å². The molecule has 0 aliphatic rings. The highest BCUT2D eigenvalue weighted by atomic mass is 15.3. The van der Waals surface area contributed by atoms with E-state index in [9.17, 15) is 0 Å². The molecule has 0 spiro atoms. The van der Waals surface area contributed by atoms with Crippen LogP contribution in [0.1, 0.15) is 36.6 Å². The van der Waals surface area contributed by atoms with Crippen molar-refractivity contribution in [3.63, 3.8) is 0 Å². The largest absolute Gasteiger partial charge is 0.316 e. The average molecular weight is 257 g/mol. The van der Waals surface area contributed by atoms with E-state index in [1.807, 2.05) is 23.9 Å². The molecule has 0 saturated carbocycles. The van der Waals surface area contributed by atoms with Crippen molar-refractivity contribution in [3.05, 3.63) is 53.3 Å². The number of nitrogens with one attached hydrogen (secondary N) is 1. The van der Waals surface area contributed by atoms with Crippen LogP contribution in [0.3, 0.4) is 0 Å². The molecule has 1 unspecified atom stereocenters. The summed E-state index contributed by atoms with van der Waals surface area (Å²) in [7, 11) is 0. The number of hydrogen-bond donors (Lipinski definition) is 1. The Balaban J connectivity index is 1.98. The summed E-state index contributed by atoms with van der Waals surface area (Å²) in [6.45, 7) is 9.32. The lowest BCUT2D eigenvalue weighted by Gasteiger charge is -2.13. The standard InChI is InChI=1S/C16H23N3/c1-4-17-11-13(2)16-7-5-15(6-8-16)12-19-10-9-14(3)18-19/h5-10,13,17H,4,11-12H2,1-3H3. The molecule has 1 atom stereocenters. The predicted molar refractivity (Wildman–Crippen MR) is 79.5 cm³/mol. The van der Waals surface area contributed by atoms with Gasteiger partial charge in [-0.2, -0.15) is 5.10 Å². The van der Waals surface area contributed by atoms with Crippen LogP contribution in [0.25, 0.3) is 0 Å². The van der Waals surface area contributed by atoms with E-state index in [1.165, 1.54) is 11.1 Å². The van der Waals surface area contributed by atoms with Crippen LogP contribution in [-0.4, -0.2) is 22.9 Å². The van der Waals surface area contributed by atoms with Gasteiger partial charge in [0.1, 0.15) is 0 Å². The first kappa shape index (κ1) is 13.8. The molecule has 0 radical (unpaired) electrons. The maximum absolute atomic E-state index is 4.41. The lowest BCUT2D eigenvalue weighted by atomic mass is 10.00. The Morgan fingerprint density at radius 3 is 2.53 bits per heavy atom. The van der Waals surface area contributed by atoms with Crippen LogP contribution in [0.2, 0.25) is 0 Å². The van der Waals surface area contributed by atoms with Gasteiger partial charge in [-0.15, -0.1) is 0 Å². The second kappa shape index (κ2) is 6.53. The predicted octanol–water partition coefficient (Wildman–Crippen LogP) is 2.95. The maximum atomic E-state index is 4.41. The van der Waals surface area contributed by atoms with Crippen molar-refractivity contribution in [2.45, 2.75) is 33.2 Å². The number of hydrogen-bond acceptors (Lipinski definition) is 2. The van der Waals surface area contributed by atoms with Crippen LogP contribution < -0.4 is 5.32 Å². The third-order valence-electron chi connectivity index (χ3n) is 3.37. The molecular weight excluding hydrogens is 234 g/mol. The Morgan fingerprint density at radius 2 is 1.95 bits per heavy atom. The normalized spacial score (nSPS) is 12.6.